The number of benzene rings is 2. The van der Waals surface area contributed by atoms with Gasteiger partial charge in [-0.05, 0) is 34.6 Å². The summed E-state index contributed by atoms with van der Waals surface area (Å²) >= 11 is 0. The Kier molecular flexibility index (Phi) is 7.12. The van der Waals surface area contributed by atoms with E-state index in [2.05, 4.69) is 17.4 Å². The molecule has 1 unspecified atom stereocenters. The molecule has 2 aromatic rings. The summed E-state index contributed by atoms with van der Waals surface area (Å²) in [5, 5.41) is 12.4. The number of carbonyl (C=O) groups is 3. The van der Waals surface area contributed by atoms with E-state index in [1.54, 1.807) is 0 Å². The minimum atomic E-state index is -1.13. The van der Waals surface area contributed by atoms with Crippen LogP contribution in [0.25, 0.3) is 11.1 Å². The fourth-order valence-corrected chi connectivity index (χ4v) is 5.17. The van der Waals surface area contributed by atoms with Crippen molar-refractivity contribution >= 4 is 18.0 Å². The third-order valence-electron chi connectivity index (χ3n) is 7.09. The van der Waals surface area contributed by atoms with Crippen LogP contribution in [0.5, 0.6) is 0 Å². The van der Waals surface area contributed by atoms with Gasteiger partial charge in [0.25, 0.3) is 0 Å². The second-order valence-corrected chi connectivity index (χ2v) is 9.72. The van der Waals surface area contributed by atoms with Gasteiger partial charge in [0.1, 0.15) is 18.1 Å². The van der Waals surface area contributed by atoms with E-state index in [0.29, 0.717) is 13.0 Å². The summed E-state index contributed by atoms with van der Waals surface area (Å²) in [5.74, 6) is -1.58. The van der Waals surface area contributed by atoms with Crippen LogP contribution in [0.3, 0.4) is 0 Å². The van der Waals surface area contributed by atoms with Gasteiger partial charge >= 0.3 is 12.1 Å². The summed E-state index contributed by atoms with van der Waals surface area (Å²) in [6.45, 7) is 4.19. The molecule has 2 aliphatic rings. The fourth-order valence-electron chi connectivity index (χ4n) is 5.17. The molecule has 1 aliphatic heterocycles. The molecule has 2 atom stereocenters. The van der Waals surface area contributed by atoms with E-state index in [1.165, 1.54) is 12.0 Å². The lowest BCUT2D eigenvalue weighted by atomic mass is 9.88. The van der Waals surface area contributed by atoms with Crippen molar-refractivity contribution in [2.75, 3.05) is 33.4 Å². The molecule has 0 saturated carbocycles. The lowest BCUT2D eigenvalue weighted by Gasteiger charge is -2.28. The van der Waals surface area contributed by atoms with Crippen molar-refractivity contribution in [3.8, 4) is 11.1 Å². The zero-order valence-corrected chi connectivity index (χ0v) is 20.3. The number of rotatable bonds is 8. The second-order valence-electron chi connectivity index (χ2n) is 9.72. The van der Waals surface area contributed by atoms with Crippen LogP contribution in [0.15, 0.2) is 48.5 Å². The lowest BCUT2D eigenvalue weighted by molar-refractivity contribution is -0.151. The molecule has 0 spiro atoms. The van der Waals surface area contributed by atoms with Crippen LogP contribution in [-0.2, 0) is 19.1 Å². The maximum Gasteiger partial charge on any atom is 0.407 e. The van der Waals surface area contributed by atoms with Crippen molar-refractivity contribution in [2.45, 2.75) is 32.2 Å². The number of carboxylic acids is 1. The highest BCUT2D eigenvalue weighted by Crippen LogP contribution is 2.44. The van der Waals surface area contributed by atoms with Crippen molar-refractivity contribution in [3.63, 3.8) is 0 Å². The molecule has 0 aromatic heterocycles. The summed E-state index contributed by atoms with van der Waals surface area (Å²) in [4.78, 5) is 39.4. The van der Waals surface area contributed by atoms with Crippen molar-refractivity contribution in [3.05, 3.63) is 59.7 Å². The number of nitrogens with one attached hydrogen (secondary N) is 1. The normalized spacial score (nSPS) is 19.8. The Morgan fingerprint density at radius 3 is 2.23 bits per heavy atom. The third-order valence-corrected chi connectivity index (χ3v) is 7.09. The van der Waals surface area contributed by atoms with E-state index in [-0.39, 0.29) is 37.5 Å². The molecule has 1 saturated heterocycles. The molecule has 186 valence electrons. The van der Waals surface area contributed by atoms with Gasteiger partial charge in [-0.2, -0.15) is 0 Å². The zero-order valence-electron chi connectivity index (χ0n) is 20.3. The molecule has 0 radical (unpaired) electrons. The number of fused-ring (bicyclic) bond motifs is 3. The average molecular weight is 481 g/mol. The molecular weight excluding hydrogens is 448 g/mol. The number of nitrogens with zero attached hydrogens (tertiary/aromatic N) is 1. The molecule has 35 heavy (non-hydrogen) atoms. The monoisotopic (exact) mass is 480 g/mol. The van der Waals surface area contributed by atoms with E-state index in [9.17, 15) is 19.5 Å². The number of ether oxygens (including phenoxy) is 2. The molecule has 8 nitrogen and oxygen atoms in total. The Bertz CT molecular complexity index is 1070. The van der Waals surface area contributed by atoms with Gasteiger partial charge in [-0.25, -0.2) is 4.79 Å². The van der Waals surface area contributed by atoms with Crippen LogP contribution < -0.4 is 5.32 Å². The largest absolute Gasteiger partial charge is 0.481 e. The Hall–Kier alpha value is -3.39. The van der Waals surface area contributed by atoms with E-state index in [0.717, 1.165) is 22.3 Å². The molecule has 1 heterocycles. The first kappa shape index (κ1) is 24.7. The first-order chi connectivity index (χ1) is 16.8. The zero-order chi connectivity index (χ0) is 25.2. The molecule has 8 heteroatoms. The number of carbonyl (C=O) groups excluding carboxylic acids is 2. The predicted octanol–water partition coefficient (Wildman–Crippen LogP) is 3.50. The average Bonchev–Trinajstić information content (AvgIpc) is 3.41. The number of carboxylic acid groups (broad SMARTS) is 1. The molecule has 0 bridgehead atoms. The van der Waals surface area contributed by atoms with Crippen molar-refractivity contribution in [1.82, 2.24) is 10.2 Å². The van der Waals surface area contributed by atoms with Crippen LogP contribution in [0.2, 0.25) is 0 Å². The maximum absolute atomic E-state index is 13.2. The second kappa shape index (κ2) is 10.1. The standard InChI is InChI=1S/C27H32N2O6/c1-17(2)23(24(30)29-13-12-27(15-29,16-34-3)25(31)32)28-26(33)35-14-22-20-10-6-4-8-18(20)19-9-5-7-11-21(19)22/h4-11,17,22-23H,12-16H2,1-3H3,(H,28,33)(H,31,32)/t23-,27?/m0/s1. The quantitative estimate of drug-likeness (QED) is 0.599. The van der Waals surface area contributed by atoms with Crippen molar-refractivity contribution in [1.29, 1.82) is 0 Å². The number of hydrogen-bond donors (Lipinski definition) is 2. The van der Waals surface area contributed by atoms with Crippen molar-refractivity contribution in [2.24, 2.45) is 11.3 Å². The number of aliphatic carboxylic acids is 1. The van der Waals surface area contributed by atoms with E-state index in [1.807, 2.05) is 50.2 Å². The molecule has 1 aliphatic carbocycles. The van der Waals surface area contributed by atoms with E-state index < -0.39 is 23.5 Å². The van der Waals surface area contributed by atoms with Gasteiger partial charge in [-0.1, -0.05) is 62.4 Å². The SMILES string of the molecule is COCC1(C(=O)O)CCN(C(=O)[C@@H](NC(=O)OCC2c3ccccc3-c3ccccc32)C(C)C)C1. The van der Waals surface area contributed by atoms with Gasteiger partial charge < -0.3 is 24.8 Å². The molecule has 4 rings (SSSR count). The van der Waals surface area contributed by atoms with Gasteiger partial charge in [0, 0.05) is 26.1 Å². The first-order valence-electron chi connectivity index (χ1n) is 11.9. The summed E-state index contributed by atoms with van der Waals surface area (Å²) in [6, 6.07) is 15.3. The number of amides is 2. The van der Waals surface area contributed by atoms with Crippen LogP contribution in [0.4, 0.5) is 4.79 Å². The molecule has 1 fully saturated rings. The van der Waals surface area contributed by atoms with Gasteiger partial charge in [0.2, 0.25) is 5.91 Å². The van der Waals surface area contributed by atoms with Gasteiger partial charge in [0.15, 0.2) is 0 Å². The number of alkyl carbamates (subject to hydrolysis) is 1. The maximum atomic E-state index is 13.2. The lowest BCUT2D eigenvalue weighted by Crippen LogP contribution is -2.52. The minimum Gasteiger partial charge on any atom is -0.481 e. The molecule has 2 N–H and O–H groups in total. The van der Waals surface area contributed by atoms with Gasteiger partial charge in [-0.15, -0.1) is 0 Å². The number of hydrogen-bond acceptors (Lipinski definition) is 5. The van der Waals surface area contributed by atoms with Gasteiger partial charge in [0.05, 0.1) is 6.61 Å². The number of likely N-dealkylation sites (tertiary alicyclic amines) is 1. The summed E-state index contributed by atoms with van der Waals surface area (Å²) in [7, 11) is 1.45. The molecule has 2 amide bonds. The Balaban J connectivity index is 1.41. The highest BCUT2D eigenvalue weighted by atomic mass is 16.5. The summed E-state index contributed by atoms with van der Waals surface area (Å²) in [6.07, 6.45) is -0.364. The van der Waals surface area contributed by atoms with Crippen LogP contribution in [0.1, 0.15) is 37.3 Å². The summed E-state index contributed by atoms with van der Waals surface area (Å²) < 4.78 is 10.7. The Labute approximate surface area is 205 Å². The van der Waals surface area contributed by atoms with Crippen LogP contribution >= 0.6 is 0 Å². The highest BCUT2D eigenvalue weighted by molar-refractivity contribution is 5.87. The Morgan fingerprint density at radius 2 is 1.69 bits per heavy atom. The first-order valence-corrected chi connectivity index (χ1v) is 11.9. The molecular formula is C27H32N2O6. The van der Waals surface area contributed by atoms with Crippen LogP contribution in [0, 0.1) is 11.3 Å². The van der Waals surface area contributed by atoms with Crippen molar-refractivity contribution < 1.29 is 29.0 Å². The Morgan fingerprint density at radius 1 is 1.09 bits per heavy atom. The van der Waals surface area contributed by atoms with E-state index in [4.69, 9.17) is 9.47 Å². The highest BCUT2D eigenvalue weighted by Gasteiger charge is 2.47. The predicted molar refractivity (Wildman–Crippen MR) is 130 cm³/mol. The third kappa shape index (κ3) is 4.75. The topological polar surface area (TPSA) is 105 Å². The van der Waals surface area contributed by atoms with E-state index >= 15 is 0 Å². The van der Waals surface area contributed by atoms with Gasteiger partial charge in [-0.3, -0.25) is 9.59 Å². The van der Waals surface area contributed by atoms with Crippen LogP contribution in [-0.4, -0.2) is 67.4 Å². The fraction of sp³-hybridized carbons (Fsp3) is 0.444. The summed E-state index contributed by atoms with van der Waals surface area (Å²) in [5.41, 5.74) is 3.37. The number of methoxy groups -OCH3 is 1. The molecule has 2 aromatic carbocycles. The smallest absolute Gasteiger partial charge is 0.407 e. The minimum absolute atomic E-state index is 0.0261.